The first-order valence-corrected chi connectivity index (χ1v) is 10.7. The Balaban J connectivity index is 1.53. The van der Waals surface area contributed by atoms with Gasteiger partial charge in [0, 0.05) is 36.2 Å². The summed E-state index contributed by atoms with van der Waals surface area (Å²) in [6.45, 7) is 5.74. The lowest BCUT2D eigenvalue weighted by Crippen LogP contribution is -2.31. The molecule has 0 saturated carbocycles. The summed E-state index contributed by atoms with van der Waals surface area (Å²) in [4.78, 5) is 28.2. The Labute approximate surface area is 172 Å². The number of thiophene rings is 1. The molecule has 1 aliphatic heterocycles. The van der Waals surface area contributed by atoms with Crippen LogP contribution in [0, 0.1) is 0 Å². The molecule has 1 saturated heterocycles. The van der Waals surface area contributed by atoms with E-state index in [1.165, 1.54) is 17.7 Å². The number of benzene rings is 1. The van der Waals surface area contributed by atoms with Gasteiger partial charge in [0.2, 0.25) is 5.91 Å². The zero-order valence-electron chi connectivity index (χ0n) is 16.5. The van der Waals surface area contributed by atoms with Crippen molar-refractivity contribution in [3.8, 4) is 0 Å². The van der Waals surface area contributed by atoms with Crippen molar-refractivity contribution in [1.82, 2.24) is 30.4 Å². The van der Waals surface area contributed by atoms with Gasteiger partial charge >= 0.3 is 0 Å². The number of rotatable bonds is 6. The fourth-order valence-corrected chi connectivity index (χ4v) is 5.03. The molecule has 9 heteroatoms. The van der Waals surface area contributed by atoms with Gasteiger partial charge in [-0.15, -0.1) is 16.4 Å². The molecule has 29 heavy (non-hydrogen) atoms. The van der Waals surface area contributed by atoms with E-state index in [1.54, 1.807) is 4.68 Å². The molecule has 0 aliphatic carbocycles. The van der Waals surface area contributed by atoms with E-state index in [-0.39, 0.29) is 23.8 Å². The SMILES string of the molecule is CC(C)NC(=O)c1sc2ccccc2c1C1CCN(C(=O)CCn2cnnn2)C1. The van der Waals surface area contributed by atoms with Crippen LogP contribution in [0.1, 0.15) is 47.8 Å². The fraction of sp³-hybridized carbons (Fsp3) is 0.450. The molecule has 1 fully saturated rings. The Morgan fingerprint density at radius 1 is 1.31 bits per heavy atom. The van der Waals surface area contributed by atoms with Gasteiger partial charge in [-0.25, -0.2) is 4.68 Å². The van der Waals surface area contributed by atoms with Gasteiger partial charge in [0.15, 0.2) is 0 Å². The predicted molar refractivity (Wildman–Crippen MR) is 111 cm³/mol. The van der Waals surface area contributed by atoms with Crippen LogP contribution in [-0.2, 0) is 11.3 Å². The van der Waals surface area contributed by atoms with Crippen LogP contribution in [-0.4, -0.2) is 56.1 Å². The van der Waals surface area contributed by atoms with Crippen LogP contribution in [0.5, 0.6) is 0 Å². The summed E-state index contributed by atoms with van der Waals surface area (Å²) in [6, 6.07) is 8.21. The van der Waals surface area contributed by atoms with Gasteiger partial charge in [0.25, 0.3) is 5.91 Å². The first kappa shape index (κ1) is 19.5. The summed E-state index contributed by atoms with van der Waals surface area (Å²) in [6.07, 6.45) is 2.74. The highest BCUT2D eigenvalue weighted by Gasteiger charge is 2.32. The van der Waals surface area contributed by atoms with Crippen molar-refractivity contribution in [2.75, 3.05) is 13.1 Å². The molecule has 152 valence electrons. The topological polar surface area (TPSA) is 93.0 Å². The zero-order chi connectivity index (χ0) is 20.4. The number of aryl methyl sites for hydroxylation is 1. The summed E-state index contributed by atoms with van der Waals surface area (Å²) >= 11 is 1.54. The molecule has 1 N–H and O–H groups in total. The standard InChI is InChI=1S/C20H24N6O2S/c1-13(2)22-20(28)19-18(15-5-3-4-6-16(15)29-19)14-7-9-25(11-14)17(27)8-10-26-12-21-23-24-26/h3-6,12-14H,7-11H2,1-2H3,(H,22,28). The molecule has 2 aromatic heterocycles. The molecule has 0 spiro atoms. The van der Waals surface area contributed by atoms with Crippen molar-refractivity contribution < 1.29 is 9.59 Å². The number of amides is 2. The first-order chi connectivity index (χ1) is 14.0. The number of carbonyl (C=O) groups excluding carboxylic acids is 2. The Morgan fingerprint density at radius 3 is 2.90 bits per heavy atom. The Kier molecular flexibility index (Phi) is 5.57. The molecule has 2 amide bonds. The van der Waals surface area contributed by atoms with Crippen molar-refractivity contribution in [1.29, 1.82) is 0 Å². The summed E-state index contributed by atoms with van der Waals surface area (Å²) in [5.74, 6) is 0.228. The molecular weight excluding hydrogens is 388 g/mol. The van der Waals surface area contributed by atoms with Gasteiger partial charge in [0.1, 0.15) is 6.33 Å². The average molecular weight is 413 g/mol. The molecule has 4 rings (SSSR count). The number of hydrogen-bond acceptors (Lipinski definition) is 6. The van der Waals surface area contributed by atoms with E-state index in [2.05, 4.69) is 33.0 Å². The highest BCUT2D eigenvalue weighted by Crippen LogP contribution is 2.40. The van der Waals surface area contributed by atoms with Crippen LogP contribution >= 0.6 is 11.3 Å². The van der Waals surface area contributed by atoms with Gasteiger partial charge in [0.05, 0.1) is 11.4 Å². The Morgan fingerprint density at radius 2 is 2.14 bits per heavy atom. The molecule has 1 unspecified atom stereocenters. The smallest absolute Gasteiger partial charge is 0.261 e. The molecule has 1 aliphatic rings. The van der Waals surface area contributed by atoms with Crippen LogP contribution in [0.2, 0.25) is 0 Å². The second kappa shape index (κ2) is 8.28. The van der Waals surface area contributed by atoms with Gasteiger partial charge < -0.3 is 10.2 Å². The van der Waals surface area contributed by atoms with Crippen molar-refractivity contribution in [2.24, 2.45) is 0 Å². The predicted octanol–water partition coefficient (Wildman–Crippen LogP) is 2.43. The average Bonchev–Trinajstić information content (AvgIpc) is 3.43. The number of nitrogens with zero attached hydrogens (tertiary/aromatic N) is 5. The third-order valence-corrected chi connectivity index (χ3v) is 6.34. The minimum Gasteiger partial charge on any atom is -0.349 e. The van der Waals surface area contributed by atoms with Crippen molar-refractivity contribution >= 4 is 33.2 Å². The van der Waals surface area contributed by atoms with Gasteiger partial charge in [-0.3, -0.25) is 9.59 Å². The van der Waals surface area contributed by atoms with E-state index in [0.29, 0.717) is 26.1 Å². The largest absolute Gasteiger partial charge is 0.349 e. The zero-order valence-corrected chi connectivity index (χ0v) is 17.4. The molecule has 0 bridgehead atoms. The minimum atomic E-state index is -0.0281. The van der Waals surface area contributed by atoms with E-state index in [4.69, 9.17) is 0 Å². The highest BCUT2D eigenvalue weighted by molar-refractivity contribution is 7.21. The van der Waals surface area contributed by atoms with Gasteiger partial charge in [-0.05, 0) is 47.7 Å². The van der Waals surface area contributed by atoms with E-state index in [9.17, 15) is 9.59 Å². The fourth-order valence-electron chi connectivity index (χ4n) is 3.84. The summed E-state index contributed by atoms with van der Waals surface area (Å²) in [7, 11) is 0. The second-order valence-corrected chi connectivity index (χ2v) is 8.67. The lowest BCUT2D eigenvalue weighted by molar-refractivity contribution is -0.130. The molecule has 3 aromatic rings. The van der Waals surface area contributed by atoms with Crippen LogP contribution in [0.15, 0.2) is 30.6 Å². The highest BCUT2D eigenvalue weighted by atomic mass is 32.1. The molecule has 0 radical (unpaired) electrons. The monoisotopic (exact) mass is 412 g/mol. The lowest BCUT2D eigenvalue weighted by atomic mass is 9.95. The third kappa shape index (κ3) is 4.14. The molecule has 3 heterocycles. The molecule has 1 aromatic carbocycles. The maximum absolute atomic E-state index is 12.8. The van der Waals surface area contributed by atoms with E-state index in [0.717, 1.165) is 26.9 Å². The molecule has 8 nitrogen and oxygen atoms in total. The van der Waals surface area contributed by atoms with Crippen molar-refractivity contribution in [2.45, 2.75) is 45.2 Å². The van der Waals surface area contributed by atoms with Crippen LogP contribution in [0.25, 0.3) is 10.1 Å². The van der Waals surface area contributed by atoms with E-state index >= 15 is 0 Å². The maximum Gasteiger partial charge on any atom is 0.261 e. The second-order valence-electron chi connectivity index (χ2n) is 7.62. The van der Waals surface area contributed by atoms with Crippen LogP contribution in [0.3, 0.4) is 0 Å². The summed E-state index contributed by atoms with van der Waals surface area (Å²) in [5, 5.41) is 15.1. The van der Waals surface area contributed by atoms with Crippen LogP contribution in [0.4, 0.5) is 0 Å². The number of aromatic nitrogens is 4. The summed E-state index contributed by atoms with van der Waals surface area (Å²) in [5.41, 5.74) is 1.08. The number of fused-ring (bicyclic) bond motifs is 1. The summed E-state index contributed by atoms with van der Waals surface area (Å²) < 4.78 is 2.67. The third-order valence-electron chi connectivity index (χ3n) is 5.16. The van der Waals surface area contributed by atoms with Gasteiger partial charge in [-0.1, -0.05) is 18.2 Å². The number of carbonyl (C=O) groups is 2. The first-order valence-electron chi connectivity index (χ1n) is 9.83. The van der Waals surface area contributed by atoms with Crippen LogP contribution < -0.4 is 5.32 Å². The molecular formula is C20H24N6O2S. The van der Waals surface area contributed by atoms with Crippen molar-refractivity contribution in [3.05, 3.63) is 41.0 Å². The Hall–Kier alpha value is -2.81. The number of likely N-dealkylation sites (tertiary alicyclic amines) is 1. The maximum atomic E-state index is 12.8. The van der Waals surface area contributed by atoms with E-state index < -0.39 is 0 Å². The normalized spacial score (nSPS) is 16.7. The minimum absolute atomic E-state index is 0.0281. The quantitative estimate of drug-likeness (QED) is 0.671. The number of hydrogen-bond donors (Lipinski definition) is 1. The lowest BCUT2D eigenvalue weighted by Gasteiger charge is -2.17. The van der Waals surface area contributed by atoms with Crippen molar-refractivity contribution in [3.63, 3.8) is 0 Å². The number of tetrazole rings is 1. The Bertz CT molecular complexity index is 1010. The van der Waals surface area contributed by atoms with Gasteiger partial charge in [-0.2, -0.15) is 0 Å². The van der Waals surface area contributed by atoms with E-state index in [1.807, 2.05) is 30.9 Å². The molecule has 1 atom stereocenters. The number of nitrogens with one attached hydrogen (secondary N) is 1.